The van der Waals surface area contributed by atoms with Crippen molar-refractivity contribution in [2.24, 2.45) is 0 Å². The van der Waals surface area contributed by atoms with Crippen molar-refractivity contribution in [3.8, 4) is 0 Å². The smallest absolute Gasteiger partial charge is 0.236 e. The number of piperazine rings is 2. The van der Waals surface area contributed by atoms with Gasteiger partial charge in [-0.3, -0.25) is 14.5 Å². The van der Waals surface area contributed by atoms with Crippen LogP contribution in [-0.4, -0.2) is 84.9 Å². The van der Waals surface area contributed by atoms with E-state index in [1.54, 1.807) is 11.8 Å². The zero-order chi connectivity index (χ0) is 13.8. The van der Waals surface area contributed by atoms with Gasteiger partial charge in [0.2, 0.25) is 11.8 Å². The highest BCUT2D eigenvalue weighted by molar-refractivity contribution is 5.85. The highest BCUT2D eigenvalue weighted by Crippen LogP contribution is 2.06. The van der Waals surface area contributed by atoms with E-state index in [1.807, 2.05) is 4.90 Å². The molecule has 1 N–H and O–H groups in total. The van der Waals surface area contributed by atoms with Gasteiger partial charge in [0, 0.05) is 58.8 Å². The third-order valence-electron chi connectivity index (χ3n) is 4.05. The zero-order valence-electron chi connectivity index (χ0n) is 12.3. The molecule has 7 heteroatoms. The molecule has 0 bridgehead atoms. The van der Waals surface area contributed by atoms with Gasteiger partial charge in [-0.05, 0) is 6.92 Å². The molecule has 0 spiro atoms. The fraction of sp³-hybridized carbons (Fsp3) is 0.846. The molecule has 2 heterocycles. The fourth-order valence-corrected chi connectivity index (χ4v) is 2.66. The van der Waals surface area contributed by atoms with Gasteiger partial charge in [-0.15, -0.1) is 12.4 Å². The van der Waals surface area contributed by atoms with E-state index in [4.69, 9.17) is 0 Å². The maximum Gasteiger partial charge on any atom is 0.236 e. The summed E-state index contributed by atoms with van der Waals surface area (Å²) in [5, 5.41) is 3.32. The normalized spacial score (nSPS) is 24.2. The number of hydrogen-bond donors (Lipinski definition) is 1. The number of halogens is 1. The molecule has 6 nitrogen and oxygen atoms in total. The highest BCUT2D eigenvalue weighted by atomic mass is 35.5. The van der Waals surface area contributed by atoms with Gasteiger partial charge >= 0.3 is 0 Å². The summed E-state index contributed by atoms with van der Waals surface area (Å²) in [6.45, 7) is 9.73. The van der Waals surface area contributed by atoms with Gasteiger partial charge in [-0.1, -0.05) is 0 Å². The number of carbonyl (C=O) groups is 2. The van der Waals surface area contributed by atoms with Crippen LogP contribution < -0.4 is 5.32 Å². The van der Waals surface area contributed by atoms with Gasteiger partial charge in [0.15, 0.2) is 0 Å². The Balaban J connectivity index is 0.00000200. The number of hydrogen-bond acceptors (Lipinski definition) is 4. The minimum atomic E-state index is 0. The quantitative estimate of drug-likeness (QED) is 0.740. The van der Waals surface area contributed by atoms with E-state index < -0.39 is 0 Å². The summed E-state index contributed by atoms with van der Waals surface area (Å²) in [4.78, 5) is 29.4. The van der Waals surface area contributed by atoms with E-state index in [1.165, 1.54) is 0 Å². The van der Waals surface area contributed by atoms with Crippen LogP contribution in [-0.2, 0) is 9.59 Å². The Kier molecular flexibility index (Phi) is 6.71. The molecule has 0 aliphatic carbocycles. The Morgan fingerprint density at radius 1 is 1.10 bits per heavy atom. The molecule has 20 heavy (non-hydrogen) atoms. The fourth-order valence-electron chi connectivity index (χ4n) is 2.66. The van der Waals surface area contributed by atoms with Gasteiger partial charge in [0.25, 0.3) is 0 Å². The van der Waals surface area contributed by atoms with Crippen molar-refractivity contribution in [3.05, 3.63) is 0 Å². The number of rotatable bonds is 2. The number of amides is 2. The maximum absolute atomic E-state index is 12.2. The Morgan fingerprint density at radius 3 is 2.25 bits per heavy atom. The van der Waals surface area contributed by atoms with Crippen molar-refractivity contribution in [2.45, 2.75) is 19.9 Å². The van der Waals surface area contributed by atoms with Crippen LogP contribution in [0.1, 0.15) is 13.8 Å². The average Bonchev–Trinajstić information content (AvgIpc) is 2.41. The molecule has 0 saturated carbocycles. The lowest BCUT2D eigenvalue weighted by atomic mass is 10.2. The second-order valence-corrected chi connectivity index (χ2v) is 5.41. The van der Waals surface area contributed by atoms with E-state index in [2.05, 4.69) is 17.1 Å². The summed E-state index contributed by atoms with van der Waals surface area (Å²) < 4.78 is 0. The lowest BCUT2D eigenvalue weighted by molar-refractivity contribution is -0.139. The largest absolute Gasteiger partial charge is 0.339 e. The van der Waals surface area contributed by atoms with Crippen molar-refractivity contribution >= 4 is 24.2 Å². The molecule has 2 saturated heterocycles. The molecule has 0 aromatic rings. The molecule has 1 atom stereocenters. The predicted molar refractivity (Wildman–Crippen MR) is 80.0 cm³/mol. The van der Waals surface area contributed by atoms with Crippen molar-refractivity contribution < 1.29 is 9.59 Å². The molecule has 2 amide bonds. The van der Waals surface area contributed by atoms with Gasteiger partial charge in [-0.25, -0.2) is 0 Å². The third-order valence-corrected chi connectivity index (χ3v) is 4.05. The Labute approximate surface area is 126 Å². The van der Waals surface area contributed by atoms with E-state index in [0.29, 0.717) is 38.8 Å². The number of nitrogens with one attached hydrogen (secondary N) is 1. The second kappa shape index (κ2) is 7.81. The van der Waals surface area contributed by atoms with E-state index in [9.17, 15) is 9.59 Å². The lowest BCUT2D eigenvalue weighted by Crippen LogP contribution is -2.56. The van der Waals surface area contributed by atoms with E-state index >= 15 is 0 Å². The van der Waals surface area contributed by atoms with Crippen LogP contribution in [0.4, 0.5) is 0 Å². The van der Waals surface area contributed by atoms with Gasteiger partial charge < -0.3 is 15.1 Å². The second-order valence-electron chi connectivity index (χ2n) is 5.41. The Morgan fingerprint density at radius 2 is 1.70 bits per heavy atom. The van der Waals surface area contributed by atoms with Crippen LogP contribution in [0.3, 0.4) is 0 Å². The summed E-state index contributed by atoms with van der Waals surface area (Å²) in [6.07, 6.45) is 0. The molecule has 2 fully saturated rings. The summed E-state index contributed by atoms with van der Waals surface area (Å²) in [6, 6.07) is 0.413. The molecule has 2 aliphatic rings. The summed E-state index contributed by atoms with van der Waals surface area (Å²) >= 11 is 0. The predicted octanol–water partition coefficient (Wildman–Crippen LogP) is -0.607. The topological polar surface area (TPSA) is 55.9 Å². The summed E-state index contributed by atoms with van der Waals surface area (Å²) in [7, 11) is 0. The van der Waals surface area contributed by atoms with Crippen LogP contribution in [0.2, 0.25) is 0 Å². The molecule has 0 aromatic heterocycles. The molecule has 116 valence electrons. The van der Waals surface area contributed by atoms with Gasteiger partial charge in [0.1, 0.15) is 0 Å². The van der Waals surface area contributed by atoms with Crippen molar-refractivity contribution in [1.82, 2.24) is 20.0 Å². The summed E-state index contributed by atoms with van der Waals surface area (Å²) in [5.74, 6) is 0.291. The molecular formula is C13H25ClN4O2. The van der Waals surface area contributed by atoms with Crippen LogP contribution in [0, 0.1) is 0 Å². The Bertz CT molecular complexity index is 345. The highest BCUT2D eigenvalue weighted by Gasteiger charge is 2.26. The van der Waals surface area contributed by atoms with Crippen LogP contribution in [0.15, 0.2) is 0 Å². The van der Waals surface area contributed by atoms with Crippen molar-refractivity contribution in [1.29, 1.82) is 0 Å². The van der Waals surface area contributed by atoms with Crippen LogP contribution >= 0.6 is 12.4 Å². The lowest BCUT2D eigenvalue weighted by Gasteiger charge is -2.38. The molecule has 2 rings (SSSR count). The zero-order valence-corrected chi connectivity index (χ0v) is 13.1. The first-order chi connectivity index (χ1) is 9.08. The first kappa shape index (κ1) is 17.2. The monoisotopic (exact) mass is 304 g/mol. The molecule has 2 aliphatic heterocycles. The first-order valence-electron chi connectivity index (χ1n) is 7.06. The minimum Gasteiger partial charge on any atom is -0.339 e. The van der Waals surface area contributed by atoms with E-state index in [0.717, 1.165) is 19.6 Å². The number of nitrogens with zero attached hydrogens (tertiary/aromatic N) is 3. The first-order valence-corrected chi connectivity index (χ1v) is 7.06. The van der Waals surface area contributed by atoms with E-state index in [-0.39, 0.29) is 24.2 Å². The third kappa shape index (κ3) is 4.33. The van der Waals surface area contributed by atoms with Crippen molar-refractivity contribution in [3.63, 3.8) is 0 Å². The van der Waals surface area contributed by atoms with Gasteiger partial charge in [-0.2, -0.15) is 0 Å². The maximum atomic E-state index is 12.2. The van der Waals surface area contributed by atoms with Gasteiger partial charge in [0.05, 0.1) is 6.54 Å². The van der Waals surface area contributed by atoms with Crippen molar-refractivity contribution in [2.75, 3.05) is 52.4 Å². The van der Waals surface area contributed by atoms with Crippen LogP contribution in [0.5, 0.6) is 0 Å². The average molecular weight is 305 g/mol. The molecule has 0 radical (unpaired) electrons. The SMILES string of the molecule is CC(=O)N1CCN(C(=O)CN2CCNCC2C)CC1.Cl. The molecular weight excluding hydrogens is 280 g/mol. The number of carbonyl (C=O) groups excluding carboxylic acids is 2. The summed E-state index contributed by atoms with van der Waals surface area (Å²) in [5.41, 5.74) is 0. The minimum absolute atomic E-state index is 0. The molecule has 1 unspecified atom stereocenters. The Hall–Kier alpha value is -0.850. The molecule has 0 aromatic carbocycles. The van der Waals surface area contributed by atoms with Crippen LogP contribution in [0.25, 0.3) is 0 Å². The standard InChI is InChI=1S/C13H24N4O2.ClH/c1-11-9-14-3-4-17(11)10-13(19)16-7-5-15(6-8-16)12(2)18;/h11,14H,3-10H2,1-2H3;1H.